The molecule has 0 amide bonds. The Bertz CT molecular complexity index is 230. The zero-order valence-corrected chi connectivity index (χ0v) is 8.69. The summed E-state index contributed by atoms with van der Waals surface area (Å²) in [6, 6.07) is 5.82. The number of halogens is 2. The predicted molar refractivity (Wildman–Crippen MR) is 56.5 cm³/mol. The summed E-state index contributed by atoms with van der Waals surface area (Å²) < 4.78 is 1.09. The molecule has 0 radical (unpaired) electrons. The first-order valence-corrected chi connectivity index (χ1v) is 4.71. The molecule has 0 bridgehead atoms. The zero-order chi connectivity index (χ0) is 8.27. The van der Waals surface area contributed by atoms with Crippen molar-refractivity contribution >= 4 is 39.9 Å². The molecule has 0 saturated heterocycles. The third kappa shape index (κ3) is 1.98. The Balaban J connectivity index is 3.10. The second-order valence-electron chi connectivity index (χ2n) is 2.06. The molecule has 2 nitrogen and oxygen atoms in total. The van der Waals surface area contributed by atoms with Crippen molar-refractivity contribution in [2.24, 2.45) is 5.84 Å². The van der Waals surface area contributed by atoms with Crippen molar-refractivity contribution in [2.45, 2.75) is 5.88 Å². The molecule has 0 aromatic heterocycles. The number of nitrogens with one attached hydrogen (secondary N) is 1. The van der Waals surface area contributed by atoms with Crippen molar-refractivity contribution in [1.29, 1.82) is 0 Å². The summed E-state index contributed by atoms with van der Waals surface area (Å²) in [7, 11) is 0. The van der Waals surface area contributed by atoms with Gasteiger partial charge in [-0.15, -0.1) is 11.6 Å². The fraction of sp³-hybridized carbons (Fsp3) is 0.143. The third-order valence-corrected chi connectivity index (χ3v) is 2.94. The van der Waals surface area contributed by atoms with E-state index in [9.17, 15) is 0 Å². The molecular weight excluding hydrogens is 274 g/mol. The van der Waals surface area contributed by atoms with Crippen LogP contribution in [-0.4, -0.2) is 0 Å². The van der Waals surface area contributed by atoms with E-state index in [0.29, 0.717) is 5.88 Å². The second kappa shape index (κ2) is 4.13. The molecule has 0 saturated carbocycles. The quantitative estimate of drug-likeness (QED) is 0.378. The normalized spacial score (nSPS) is 9.73. The number of hydrogen-bond acceptors (Lipinski definition) is 2. The molecule has 0 heterocycles. The van der Waals surface area contributed by atoms with Crippen molar-refractivity contribution in [3.05, 3.63) is 27.3 Å². The maximum Gasteiger partial charge on any atom is 0.0621 e. The van der Waals surface area contributed by atoms with Crippen LogP contribution in [0.1, 0.15) is 5.56 Å². The van der Waals surface area contributed by atoms with Gasteiger partial charge in [0.2, 0.25) is 0 Å². The van der Waals surface area contributed by atoms with Crippen LogP contribution in [0.25, 0.3) is 0 Å². The van der Waals surface area contributed by atoms with Crippen LogP contribution in [0.3, 0.4) is 0 Å². The van der Waals surface area contributed by atoms with Crippen LogP contribution >= 0.6 is 34.2 Å². The van der Waals surface area contributed by atoms with E-state index in [-0.39, 0.29) is 0 Å². The number of hydrazine groups is 1. The third-order valence-electron chi connectivity index (χ3n) is 1.38. The van der Waals surface area contributed by atoms with E-state index in [0.717, 1.165) is 14.8 Å². The summed E-state index contributed by atoms with van der Waals surface area (Å²) in [6.45, 7) is 0. The van der Waals surface area contributed by atoms with Crippen LogP contribution in [0.15, 0.2) is 18.2 Å². The molecule has 3 N–H and O–H groups in total. The van der Waals surface area contributed by atoms with Crippen LogP contribution in [0.2, 0.25) is 0 Å². The zero-order valence-electron chi connectivity index (χ0n) is 5.77. The summed E-state index contributed by atoms with van der Waals surface area (Å²) in [5, 5.41) is 0. The number of nitrogens with two attached hydrogens (primary N) is 1. The number of alkyl halides is 1. The van der Waals surface area contributed by atoms with E-state index < -0.39 is 0 Å². The Hall–Kier alpha value is -0.000000000000000111. The Morgan fingerprint density at radius 3 is 2.82 bits per heavy atom. The van der Waals surface area contributed by atoms with Crippen LogP contribution in [0.5, 0.6) is 0 Å². The maximum absolute atomic E-state index is 5.69. The van der Waals surface area contributed by atoms with Gasteiger partial charge in [0.15, 0.2) is 0 Å². The maximum atomic E-state index is 5.69. The smallest absolute Gasteiger partial charge is 0.0621 e. The van der Waals surface area contributed by atoms with Crippen molar-refractivity contribution in [3.63, 3.8) is 0 Å². The highest BCUT2D eigenvalue weighted by Gasteiger charge is 2.01. The highest BCUT2D eigenvalue weighted by atomic mass is 127. The van der Waals surface area contributed by atoms with Gasteiger partial charge in [0.1, 0.15) is 0 Å². The lowest BCUT2D eigenvalue weighted by Crippen LogP contribution is -2.08. The van der Waals surface area contributed by atoms with E-state index in [1.807, 2.05) is 18.2 Å². The van der Waals surface area contributed by atoms with Gasteiger partial charge in [0, 0.05) is 9.45 Å². The van der Waals surface area contributed by atoms with Crippen molar-refractivity contribution < 1.29 is 0 Å². The minimum absolute atomic E-state index is 0.522. The fourth-order valence-corrected chi connectivity index (χ4v) is 1.95. The molecule has 1 aromatic rings. The van der Waals surface area contributed by atoms with Crippen LogP contribution in [-0.2, 0) is 5.88 Å². The van der Waals surface area contributed by atoms with E-state index in [1.165, 1.54) is 0 Å². The van der Waals surface area contributed by atoms with Crippen LogP contribution < -0.4 is 11.3 Å². The van der Waals surface area contributed by atoms with E-state index in [2.05, 4.69) is 28.0 Å². The van der Waals surface area contributed by atoms with Gasteiger partial charge in [-0.25, -0.2) is 0 Å². The number of hydrogen-bond donors (Lipinski definition) is 2. The molecule has 60 valence electrons. The molecule has 1 aromatic carbocycles. The van der Waals surface area contributed by atoms with Crippen molar-refractivity contribution in [3.8, 4) is 0 Å². The number of benzene rings is 1. The monoisotopic (exact) mass is 282 g/mol. The number of rotatable bonds is 2. The Kier molecular flexibility index (Phi) is 3.42. The molecule has 0 aliphatic rings. The van der Waals surface area contributed by atoms with Gasteiger partial charge < -0.3 is 5.43 Å². The molecule has 0 fully saturated rings. The Labute approximate surface area is 84.2 Å². The minimum Gasteiger partial charge on any atom is -0.323 e. The summed E-state index contributed by atoms with van der Waals surface area (Å²) in [5.74, 6) is 5.80. The first-order valence-electron chi connectivity index (χ1n) is 3.09. The lowest BCUT2D eigenvalue weighted by molar-refractivity contribution is 1.29. The lowest BCUT2D eigenvalue weighted by Gasteiger charge is -2.05. The molecule has 0 aliphatic heterocycles. The highest BCUT2D eigenvalue weighted by Crippen LogP contribution is 2.22. The Morgan fingerprint density at radius 2 is 2.27 bits per heavy atom. The summed E-state index contributed by atoms with van der Waals surface area (Å²) in [6.07, 6.45) is 0. The van der Waals surface area contributed by atoms with Crippen molar-refractivity contribution in [1.82, 2.24) is 0 Å². The van der Waals surface area contributed by atoms with Crippen molar-refractivity contribution in [2.75, 3.05) is 5.43 Å². The molecule has 0 unspecified atom stereocenters. The van der Waals surface area contributed by atoms with Crippen LogP contribution in [0.4, 0.5) is 5.69 Å². The van der Waals surface area contributed by atoms with Gasteiger partial charge in [0.05, 0.1) is 5.69 Å². The first kappa shape index (κ1) is 9.09. The van der Waals surface area contributed by atoms with Gasteiger partial charge in [-0.1, -0.05) is 12.1 Å². The van der Waals surface area contributed by atoms with Gasteiger partial charge in [-0.3, -0.25) is 5.84 Å². The molecule has 0 atom stereocenters. The topological polar surface area (TPSA) is 38.0 Å². The highest BCUT2D eigenvalue weighted by molar-refractivity contribution is 14.1. The molecule has 4 heteroatoms. The summed E-state index contributed by atoms with van der Waals surface area (Å²) >= 11 is 7.90. The molecule has 0 aliphatic carbocycles. The summed E-state index contributed by atoms with van der Waals surface area (Å²) in [5.41, 5.74) is 4.62. The van der Waals surface area contributed by atoms with Gasteiger partial charge >= 0.3 is 0 Å². The van der Waals surface area contributed by atoms with Gasteiger partial charge in [0.25, 0.3) is 0 Å². The number of anilines is 1. The largest absolute Gasteiger partial charge is 0.323 e. The van der Waals surface area contributed by atoms with E-state index in [1.54, 1.807) is 0 Å². The average molecular weight is 283 g/mol. The molecule has 1 rings (SSSR count). The molecular formula is C7H8ClIN2. The van der Waals surface area contributed by atoms with E-state index in [4.69, 9.17) is 17.4 Å². The summed E-state index contributed by atoms with van der Waals surface area (Å²) in [4.78, 5) is 0. The van der Waals surface area contributed by atoms with Crippen LogP contribution in [0, 0.1) is 3.57 Å². The Morgan fingerprint density at radius 1 is 1.55 bits per heavy atom. The lowest BCUT2D eigenvalue weighted by atomic mass is 10.2. The minimum atomic E-state index is 0.522. The fourth-order valence-electron chi connectivity index (χ4n) is 0.794. The van der Waals surface area contributed by atoms with Gasteiger partial charge in [-0.2, -0.15) is 0 Å². The molecule has 0 spiro atoms. The number of nitrogen functional groups attached to an aromatic ring is 1. The molecule has 11 heavy (non-hydrogen) atoms. The average Bonchev–Trinajstić information content (AvgIpc) is 2.05. The SMILES string of the molecule is NNc1cccc(CCl)c1I. The standard InChI is InChI=1S/C7H8ClIN2/c8-4-5-2-1-3-6(11-10)7(5)9/h1-3,11H,4,10H2. The van der Waals surface area contributed by atoms with E-state index >= 15 is 0 Å². The second-order valence-corrected chi connectivity index (χ2v) is 3.40. The first-order chi connectivity index (χ1) is 5.29. The van der Waals surface area contributed by atoms with Gasteiger partial charge in [-0.05, 0) is 34.2 Å². The predicted octanol–water partition coefficient (Wildman–Crippen LogP) is 2.32.